The monoisotopic (exact) mass is 289 g/mol. The molecule has 0 radical (unpaired) electrons. The normalized spacial score (nSPS) is 13.9. The third-order valence-corrected chi connectivity index (χ3v) is 2.34. The van der Waals surface area contributed by atoms with Crippen LogP contribution in [0.4, 0.5) is 0 Å². The summed E-state index contributed by atoms with van der Waals surface area (Å²) in [6.45, 7) is 10.7. The van der Waals surface area contributed by atoms with E-state index in [4.69, 9.17) is 14.7 Å². The lowest BCUT2D eigenvalue weighted by Crippen LogP contribution is -2.43. The lowest BCUT2D eigenvalue weighted by molar-refractivity contribution is -0.169. The molecule has 0 saturated heterocycles. The zero-order valence-electron chi connectivity index (χ0n) is 13.3. The molecule has 1 atom stereocenters. The van der Waals surface area contributed by atoms with Gasteiger partial charge in [-0.15, -0.1) is 0 Å². The molecule has 6 heteroatoms. The zero-order chi connectivity index (χ0) is 16.0. The van der Waals surface area contributed by atoms with Crippen molar-refractivity contribution in [2.75, 3.05) is 0 Å². The predicted octanol–water partition coefficient (Wildman–Crippen LogP) is 2.27. The molecule has 0 amide bonds. The van der Waals surface area contributed by atoms with E-state index in [0.717, 1.165) is 6.42 Å². The number of carbonyl (C=O) groups is 2. The summed E-state index contributed by atoms with van der Waals surface area (Å²) in [6.07, 6.45) is 1.22. The minimum atomic E-state index is -0.972. The summed E-state index contributed by atoms with van der Waals surface area (Å²) in [5.74, 6) is -1.36. The summed E-state index contributed by atoms with van der Waals surface area (Å²) in [5, 5.41) is 9.00. The van der Waals surface area contributed by atoms with Gasteiger partial charge in [0.2, 0.25) is 0 Å². The molecule has 0 fully saturated rings. The van der Waals surface area contributed by atoms with E-state index in [-0.39, 0.29) is 12.4 Å². The van der Waals surface area contributed by atoms with E-state index in [2.05, 4.69) is 5.48 Å². The van der Waals surface area contributed by atoms with Crippen LogP contribution in [0.5, 0.6) is 0 Å². The molecule has 0 rings (SSSR count). The first-order chi connectivity index (χ1) is 8.97. The topological polar surface area (TPSA) is 84.9 Å². The van der Waals surface area contributed by atoms with Crippen molar-refractivity contribution in [2.24, 2.45) is 0 Å². The van der Waals surface area contributed by atoms with Gasteiger partial charge in [0, 0.05) is 0 Å². The maximum Gasteiger partial charge on any atom is 0.323 e. The van der Waals surface area contributed by atoms with E-state index in [0.29, 0.717) is 6.42 Å². The van der Waals surface area contributed by atoms with Crippen molar-refractivity contribution in [2.45, 2.75) is 78.0 Å². The Hall–Kier alpha value is -1.14. The first-order valence-electron chi connectivity index (χ1n) is 6.85. The molecule has 0 aromatic heterocycles. The fourth-order valence-electron chi connectivity index (χ4n) is 1.51. The molecule has 20 heavy (non-hydrogen) atoms. The van der Waals surface area contributed by atoms with Crippen LogP contribution in [0.25, 0.3) is 0 Å². The van der Waals surface area contributed by atoms with Gasteiger partial charge in [-0.05, 0) is 41.0 Å². The van der Waals surface area contributed by atoms with Gasteiger partial charge in [0.1, 0.15) is 11.6 Å². The average molecular weight is 289 g/mol. The first kappa shape index (κ1) is 18.9. The number of aliphatic carboxylic acids is 1. The van der Waals surface area contributed by atoms with E-state index in [9.17, 15) is 9.59 Å². The van der Waals surface area contributed by atoms with Gasteiger partial charge < -0.3 is 9.84 Å². The van der Waals surface area contributed by atoms with E-state index in [1.165, 1.54) is 0 Å². The van der Waals surface area contributed by atoms with Crippen molar-refractivity contribution in [1.82, 2.24) is 5.48 Å². The van der Waals surface area contributed by atoms with E-state index in [1.807, 2.05) is 6.92 Å². The van der Waals surface area contributed by atoms with Gasteiger partial charge in [-0.25, -0.2) is 0 Å². The third kappa shape index (κ3) is 8.87. The fraction of sp³-hybridized carbons (Fsp3) is 0.857. The van der Waals surface area contributed by atoms with Crippen LogP contribution in [-0.4, -0.2) is 34.3 Å². The van der Waals surface area contributed by atoms with E-state index in [1.54, 1.807) is 34.6 Å². The number of ether oxygens (including phenoxy) is 1. The number of hydroxylamine groups is 1. The Labute approximate surface area is 120 Å². The highest BCUT2D eigenvalue weighted by atomic mass is 16.7. The number of carbonyl (C=O) groups excluding carboxylic acids is 1. The van der Waals surface area contributed by atoms with Crippen molar-refractivity contribution in [3.63, 3.8) is 0 Å². The summed E-state index contributed by atoms with van der Waals surface area (Å²) in [4.78, 5) is 28.1. The molecule has 2 N–H and O–H groups in total. The number of nitrogens with one attached hydrogen (secondary N) is 1. The molecule has 0 bridgehead atoms. The molecule has 0 heterocycles. The molecular weight excluding hydrogens is 262 g/mol. The van der Waals surface area contributed by atoms with E-state index >= 15 is 0 Å². The Kier molecular flexibility index (Phi) is 7.16. The van der Waals surface area contributed by atoms with Gasteiger partial charge in [-0.3, -0.25) is 14.4 Å². The highest BCUT2D eigenvalue weighted by Gasteiger charge is 2.29. The maximum absolute atomic E-state index is 11.7. The van der Waals surface area contributed by atoms with Gasteiger partial charge in [-0.1, -0.05) is 13.3 Å². The molecule has 0 aliphatic heterocycles. The first-order valence-corrected chi connectivity index (χ1v) is 6.85. The highest BCUT2D eigenvalue weighted by molar-refractivity contribution is 5.73. The number of hydrogen-bond donors (Lipinski definition) is 2. The smallest absolute Gasteiger partial charge is 0.323 e. The van der Waals surface area contributed by atoms with Gasteiger partial charge in [0.15, 0.2) is 0 Å². The minimum absolute atomic E-state index is 0.0374. The molecule has 0 unspecified atom stereocenters. The highest BCUT2D eigenvalue weighted by Crippen LogP contribution is 2.17. The van der Waals surface area contributed by atoms with Crippen molar-refractivity contribution >= 4 is 11.9 Å². The zero-order valence-corrected chi connectivity index (χ0v) is 13.3. The Morgan fingerprint density at radius 3 is 2.15 bits per heavy atom. The third-order valence-electron chi connectivity index (χ3n) is 2.34. The second-order valence-corrected chi connectivity index (χ2v) is 6.42. The number of carboxylic acids is 1. The van der Waals surface area contributed by atoms with E-state index < -0.39 is 23.2 Å². The van der Waals surface area contributed by atoms with Crippen LogP contribution in [-0.2, 0) is 19.2 Å². The number of hydrogen-bond acceptors (Lipinski definition) is 5. The minimum Gasteiger partial charge on any atom is -0.480 e. The average Bonchev–Trinajstić information content (AvgIpc) is 2.19. The van der Waals surface area contributed by atoms with Gasteiger partial charge in [-0.2, -0.15) is 5.48 Å². The molecule has 0 aromatic rings. The van der Waals surface area contributed by atoms with Crippen molar-refractivity contribution in [1.29, 1.82) is 0 Å². The standard InChI is InChI=1S/C14H27NO5/c1-7-8-10(12(17)18)15-20-14(5,6)9-11(16)19-13(2,3)4/h10,15H,7-9H2,1-6H3,(H,17,18)/t10-/m0/s1. The molecule has 0 spiro atoms. The second kappa shape index (κ2) is 7.59. The molecule has 0 aliphatic carbocycles. The quantitative estimate of drug-likeness (QED) is 0.526. The Bertz CT molecular complexity index is 333. The van der Waals surface area contributed by atoms with Crippen molar-refractivity contribution in [3.05, 3.63) is 0 Å². The molecule has 118 valence electrons. The predicted molar refractivity (Wildman–Crippen MR) is 75.1 cm³/mol. The number of carboxylic acid groups (broad SMARTS) is 1. The van der Waals surface area contributed by atoms with Gasteiger partial charge >= 0.3 is 11.9 Å². The van der Waals surface area contributed by atoms with Crippen LogP contribution in [0.1, 0.15) is 60.8 Å². The van der Waals surface area contributed by atoms with Crippen molar-refractivity contribution in [3.8, 4) is 0 Å². The summed E-state index contributed by atoms with van der Waals surface area (Å²) in [5.41, 5.74) is 1.13. The fourth-order valence-corrected chi connectivity index (χ4v) is 1.51. The molecule has 6 nitrogen and oxygen atoms in total. The summed E-state index contributed by atoms with van der Waals surface area (Å²) >= 11 is 0. The van der Waals surface area contributed by atoms with Crippen LogP contribution in [0.2, 0.25) is 0 Å². The van der Waals surface area contributed by atoms with Crippen LogP contribution >= 0.6 is 0 Å². The largest absolute Gasteiger partial charge is 0.480 e. The maximum atomic E-state index is 11.7. The Morgan fingerprint density at radius 1 is 1.20 bits per heavy atom. The summed E-state index contributed by atoms with van der Waals surface area (Å²) in [7, 11) is 0. The number of esters is 1. The Balaban J connectivity index is 4.37. The van der Waals surface area contributed by atoms with Crippen molar-refractivity contribution < 1.29 is 24.3 Å². The molecule has 0 aliphatic rings. The van der Waals surface area contributed by atoms with Crippen LogP contribution < -0.4 is 5.48 Å². The molecule has 0 saturated carbocycles. The SMILES string of the molecule is CCC[C@H](NOC(C)(C)CC(=O)OC(C)(C)C)C(=O)O. The molecular formula is C14H27NO5. The lowest BCUT2D eigenvalue weighted by Gasteiger charge is -2.28. The second-order valence-electron chi connectivity index (χ2n) is 6.42. The molecule has 0 aromatic carbocycles. The lowest BCUT2D eigenvalue weighted by atomic mass is 10.1. The van der Waals surface area contributed by atoms with Gasteiger partial charge in [0.05, 0.1) is 12.0 Å². The van der Waals surface area contributed by atoms with Gasteiger partial charge in [0.25, 0.3) is 0 Å². The van der Waals surface area contributed by atoms with Crippen LogP contribution in [0.3, 0.4) is 0 Å². The Morgan fingerprint density at radius 2 is 1.75 bits per heavy atom. The van der Waals surface area contributed by atoms with Crippen LogP contribution in [0.15, 0.2) is 0 Å². The number of rotatable bonds is 8. The summed E-state index contributed by atoms with van der Waals surface area (Å²) < 4.78 is 5.21. The van der Waals surface area contributed by atoms with Crippen LogP contribution in [0, 0.1) is 0 Å². The summed E-state index contributed by atoms with van der Waals surface area (Å²) in [6, 6.07) is -0.780.